The van der Waals surface area contributed by atoms with Crippen molar-refractivity contribution >= 4 is 17.4 Å². The highest BCUT2D eigenvalue weighted by Gasteiger charge is 2.19. The van der Waals surface area contributed by atoms with Gasteiger partial charge in [0, 0.05) is 24.8 Å². The van der Waals surface area contributed by atoms with Crippen molar-refractivity contribution in [2.24, 2.45) is 0 Å². The molecule has 6 heteroatoms. The molecule has 1 aromatic heterocycles. The lowest BCUT2D eigenvalue weighted by Gasteiger charge is -2.20. The minimum atomic E-state index is -0.0405. The van der Waals surface area contributed by atoms with Gasteiger partial charge < -0.3 is 10.2 Å². The first kappa shape index (κ1) is 16.9. The second-order valence-electron chi connectivity index (χ2n) is 6.21. The number of nitriles is 1. The van der Waals surface area contributed by atoms with Crippen LogP contribution in [0.25, 0.3) is 0 Å². The van der Waals surface area contributed by atoms with Crippen LogP contribution in [0.4, 0.5) is 11.5 Å². The number of rotatable bonds is 3. The van der Waals surface area contributed by atoms with Crippen molar-refractivity contribution in [1.29, 1.82) is 5.26 Å². The van der Waals surface area contributed by atoms with Gasteiger partial charge in [0.15, 0.2) is 0 Å². The molecule has 0 atom stereocenters. The molecule has 2 aromatic rings. The van der Waals surface area contributed by atoms with Crippen molar-refractivity contribution in [2.45, 2.75) is 32.6 Å². The zero-order valence-corrected chi connectivity index (χ0v) is 14.3. The SMILES string of the molecule is Cc1nc(Nc2cccc(C#N)c2)cc(C(=O)N2CCCCCC2)n1. The van der Waals surface area contributed by atoms with E-state index in [1.54, 1.807) is 31.2 Å². The summed E-state index contributed by atoms with van der Waals surface area (Å²) in [6.07, 6.45) is 4.44. The first-order chi connectivity index (χ1) is 12.2. The van der Waals surface area contributed by atoms with Gasteiger partial charge in [-0.25, -0.2) is 9.97 Å². The van der Waals surface area contributed by atoms with Crippen molar-refractivity contribution in [3.8, 4) is 6.07 Å². The molecule has 0 aliphatic carbocycles. The molecule has 25 heavy (non-hydrogen) atoms. The summed E-state index contributed by atoms with van der Waals surface area (Å²) >= 11 is 0. The molecule has 1 aromatic carbocycles. The quantitative estimate of drug-likeness (QED) is 0.929. The van der Waals surface area contributed by atoms with Gasteiger partial charge in [-0.1, -0.05) is 18.9 Å². The molecule has 1 fully saturated rings. The number of hydrogen-bond acceptors (Lipinski definition) is 5. The van der Waals surface area contributed by atoms with E-state index in [1.807, 2.05) is 11.0 Å². The molecule has 1 saturated heterocycles. The summed E-state index contributed by atoms with van der Waals surface area (Å²) in [5, 5.41) is 12.2. The predicted molar refractivity (Wildman–Crippen MR) is 95.6 cm³/mol. The van der Waals surface area contributed by atoms with Crippen LogP contribution in [0.3, 0.4) is 0 Å². The summed E-state index contributed by atoms with van der Waals surface area (Å²) < 4.78 is 0. The van der Waals surface area contributed by atoms with Crippen LogP contribution in [0.1, 0.15) is 47.6 Å². The summed E-state index contributed by atoms with van der Waals surface area (Å²) in [6, 6.07) is 10.9. The molecule has 0 saturated carbocycles. The molecule has 2 heterocycles. The molecule has 0 radical (unpaired) electrons. The number of anilines is 2. The van der Waals surface area contributed by atoms with E-state index in [1.165, 1.54) is 12.8 Å². The van der Waals surface area contributed by atoms with Gasteiger partial charge >= 0.3 is 0 Å². The Kier molecular flexibility index (Phi) is 5.24. The lowest BCUT2D eigenvalue weighted by Crippen LogP contribution is -2.32. The van der Waals surface area contributed by atoms with Gasteiger partial charge in [-0.2, -0.15) is 5.26 Å². The molecule has 1 amide bonds. The Labute approximate surface area is 147 Å². The van der Waals surface area contributed by atoms with Crippen LogP contribution in [0.15, 0.2) is 30.3 Å². The smallest absolute Gasteiger partial charge is 0.272 e. The maximum Gasteiger partial charge on any atom is 0.272 e. The fourth-order valence-corrected chi connectivity index (χ4v) is 2.99. The van der Waals surface area contributed by atoms with Crippen molar-refractivity contribution < 1.29 is 4.79 Å². The third-order valence-electron chi connectivity index (χ3n) is 4.21. The number of aryl methyl sites for hydroxylation is 1. The maximum absolute atomic E-state index is 12.8. The van der Waals surface area contributed by atoms with Crippen molar-refractivity contribution in [3.05, 3.63) is 47.4 Å². The number of likely N-dealkylation sites (tertiary alicyclic amines) is 1. The fraction of sp³-hybridized carbons (Fsp3) is 0.368. The van der Waals surface area contributed by atoms with E-state index in [-0.39, 0.29) is 5.91 Å². The normalized spacial score (nSPS) is 14.5. The number of nitrogens with zero attached hydrogens (tertiary/aromatic N) is 4. The molecule has 3 rings (SSSR count). The third-order valence-corrected chi connectivity index (χ3v) is 4.21. The molecular formula is C19H21N5O. The lowest BCUT2D eigenvalue weighted by atomic mass is 10.2. The minimum Gasteiger partial charge on any atom is -0.340 e. The highest BCUT2D eigenvalue weighted by Crippen LogP contribution is 2.18. The van der Waals surface area contributed by atoms with Crippen LogP contribution in [0.2, 0.25) is 0 Å². The van der Waals surface area contributed by atoms with E-state index in [2.05, 4.69) is 21.4 Å². The molecule has 0 bridgehead atoms. The molecule has 1 N–H and O–H groups in total. The van der Waals surface area contributed by atoms with Crippen LogP contribution in [0, 0.1) is 18.3 Å². The van der Waals surface area contributed by atoms with E-state index in [0.29, 0.717) is 22.9 Å². The number of carbonyl (C=O) groups excluding carboxylic acids is 1. The zero-order valence-electron chi connectivity index (χ0n) is 14.3. The number of nitrogens with one attached hydrogen (secondary N) is 1. The number of benzene rings is 1. The topological polar surface area (TPSA) is 81.9 Å². The second-order valence-corrected chi connectivity index (χ2v) is 6.21. The van der Waals surface area contributed by atoms with Gasteiger partial charge in [-0.3, -0.25) is 4.79 Å². The molecular weight excluding hydrogens is 314 g/mol. The Morgan fingerprint density at radius 3 is 2.64 bits per heavy atom. The molecule has 1 aliphatic heterocycles. The van der Waals surface area contributed by atoms with Gasteiger partial charge in [0.25, 0.3) is 5.91 Å². The van der Waals surface area contributed by atoms with E-state index in [4.69, 9.17) is 5.26 Å². The Balaban J connectivity index is 1.82. The highest BCUT2D eigenvalue weighted by molar-refractivity contribution is 5.93. The molecule has 0 unspecified atom stereocenters. The average molecular weight is 335 g/mol. The molecule has 128 valence electrons. The lowest BCUT2D eigenvalue weighted by molar-refractivity contribution is 0.0755. The number of amides is 1. The Hall–Kier alpha value is -2.94. The zero-order chi connectivity index (χ0) is 17.6. The summed E-state index contributed by atoms with van der Waals surface area (Å²) in [4.78, 5) is 23.3. The van der Waals surface area contributed by atoms with Crippen LogP contribution >= 0.6 is 0 Å². The average Bonchev–Trinajstić information content (AvgIpc) is 2.90. The van der Waals surface area contributed by atoms with Crippen LogP contribution in [-0.2, 0) is 0 Å². The van der Waals surface area contributed by atoms with Gasteiger partial charge in [-0.15, -0.1) is 0 Å². The summed E-state index contributed by atoms with van der Waals surface area (Å²) in [6.45, 7) is 3.35. The van der Waals surface area contributed by atoms with Crippen molar-refractivity contribution in [1.82, 2.24) is 14.9 Å². The number of carbonyl (C=O) groups is 1. The summed E-state index contributed by atoms with van der Waals surface area (Å²) in [5.41, 5.74) is 1.73. The van der Waals surface area contributed by atoms with Gasteiger partial charge in [0.1, 0.15) is 17.3 Å². The van der Waals surface area contributed by atoms with Crippen molar-refractivity contribution in [2.75, 3.05) is 18.4 Å². The van der Waals surface area contributed by atoms with Crippen LogP contribution in [-0.4, -0.2) is 33.9 Å². The fourth-order valence-electron chi connectivity index (χ4n) is 2.99. The third kappa shape index (κ3) is 4.32. The maximum atomic E-state index is 12.8. The summed E-state index contributed by atoms with van der Waals surface area (Å²) in [5.74, 6) is 1.06. The monoisotopic (exact) mass is 335 g/mol. The standard InChI is InChI=1S/C19H21N5O/c1-14-21-17(19(25)24-9-4-2-3-5-10-24)12-18(22-14)23-16-8-6-7-15(11-16)13-20/h6-8,11-12H,2-5,9-10H2,1H3,(H,21,22,23). The summed E-state index contributed by atoms with van der Waals surface area (Å²) in [7, 11) is 0. The van der Waals surface area contributed by atoms with Gasteiger partial charge in [0.05, 0.1) is 11.6 Å². The Morgan fingerprint density at radius 1 is 1.16 bits per heavy atom. The number of aromatic nitrogens is 2. The Morgan fingerprint density at radius 2 is 1.92 bits per heavy atom. The van der Waals surface area contributed by atoms with E-state index < -0.39 is 0 Å². The highest BCUT2D eigenvalue weighted by atomic mass is 16.2. The first-order valence-electron chi connectivity index (χ1n) is 8.58. The molecule has 0 spiro atoms. The first-order valence-corrected chi connectivity index (χ1v) is 8.58. The van der Waals surface area contributed by atoms with E-state index in [9.17, 15) is 4.79 Å². The van der Waals surface area contributed by atoms with Gasteiger partial charge in [0.2, 0.25) is 0 Å². The van der Waals surface area contributed by atoms with E-state index >= 15 is 0 Å². The van der Waals surface area contributed by atoms with Crippen molar-refractivity contribution in [3.63, 3.8) is 0 Å². The van der Waals surface area contributed by atoms with E-state index in [0.717, 1.165) is 31.6 Å². The Bertz CT molecular complexity index is 804. The minimum absolute atomic E-state index is 0.0405. The molecule has 1 aliphatic rings. The van der Waals surface area contributed by atoms with Crippen LogP contribution < -0.4 is 5.32 Å². The second kappa shape index (κ2) is 7.75. The van der Waals surface area contributed by atoms with Crippen LogP contribution in [0.5, 0.6) is 0 Å². The van der Waals surface area contributed by atoms with Gasteiger partial charge in [-0.05, 0) is 38.0 Å². The number of hydrogen-bond donors (Lipinski definition) is 1. The predicted octanol–water partition coefficient (Wildman–Crippen LogP) is 3.42. The molecule has 6 nitrogen and oxygen atoms in total. The largest absolute Gasteiger partial charge is 0.340 e.